The van der Waals surface area contributed by atoms with Crippen molar-refractivity contribution in [2.45, 2.75) is 70.2 Å². The monoisotopic (exact) mass is 279 g/mol. The van der Waals surface area contributed by atoms with Crippen molar-refractivity contribution in [3.8, 4) is 0 Å². The summed E-state index contributed by atoms with van der Waals surface area (Å²) < 4.78 is 45.0. The van der Waals surface area contributed by atoms with Crippen molar-refractivity contribution in [3.05, 3.63) is 0 Å². The molecule has 2 aliphatic rings. The highest BCUT2D eigenvalue weighted by Gasteiger charge is 2.67. The van der Waals surface area contributed by atoms with Crippen LogP contribution in [0, 0.1) is 5.92 Å². The van der Waals surface area contributed by atoms with E-state index in [4.69, 9.17) is 19.9 Å². The van der Waals surface area contributed by atoms with Gasteiger partial charge in [0.05, 0.1) is 30.3 Å². The average molecular weight is 279 g/mol. The quantitative estimate of drug-likeness (QED) is 0.839. The van der Waals surface area contributed by atoms with Crippen LogP contribution in [-0.4, -0.2) is 42.2 Å². The summed E-state index contributed by atoms with van der Waals surface area (Å²) in [6.45, 7) is 8.80. The molecule has 0 aromatic carbocycles. The van der Waals surface area contributed by atoms with Crippen LogP contribution in [0.25, 0.3) is 0 Å². The number of alkyl halides is 2. The van der Waals surface area contributed by atoms with Gasteiger partial charge in [-0.05, 0) is 34.6 Å². The van der Waals surface area contributed by atoms with E-state index in [0.29, 0.717) is 0 Å². The third-order valence-corrected chi connectivity index (χ3v) is 3.55. The van der Waals surface area contributed by atoms with Crippen molar-refractivity contribution in [3.63, 3.8) is 0 Å². The molecule has 2 unspecified atom stereocenters. The molecule has 2 N–H and O–H groups in total. The van der Waals surface area contributed by atoms with E-state index < -0.39 is 41.5 Å². The number of hydrogen-bond donors (Lipinski definition) is 1. The molecule has 0 aromatic rings. The van der Waals surface area contributed by atoms with E-state index in [1.807, 2.05) is 20.8 Å². The van der Waals surface area contributed by atoms with Crippen molar-refractivity contribution in [1.29, 1.82) is 0 Å². The first-order chi connectivity index (χ1) is 8.44. The van der Waals surface area contributed by atoms with Crippen molar-refractivity contribution in [2.75, 3.05) is 6.61 Å². The fourth-order valence-corrected chi connectivity index (χ4v) is 2.64. The molecule has 1 heterocycles. The lowest BCUT2D eigenvalue weighted by Gasteiger charge is -2.30. The molecule has 0 radical (unpaired) electrons. The van der Waals surface area contributed by atoms with Crippen LogP contribution in [0.15, 0.2) is 0 Å². The first-order valence-electron chi connectivity index (χ1n) is 6.57. The SMILES string of the molecule is CC(C)(C)OC[C@@H]1C2OC(C)(C)OC2[C@H](N)C1(F)F. The lowest BCUT2D eigenvalue weighted by molar-refractivity contribution is -0.199. The summed E-state index contributed by atoms with van der Waals surface area (Å²) in [7, 11) is 0. The van der Waals surface area contributed by atoms with Crippen LogP contribution >= 0.6 is 0 Å². The third-order valence-electron chi connectivity index (χ3n) is 3.55. The second-order valence-electron chi connectivity index (χ2n) is 6.79. The lowest BCUT2D eigenvalue weighted by atomic mass is 10.0. The number of fused-ring (bicyclic) bond motifs is 1. The maximum Gasteiger partial charge on any atom is 0.273 e. The zero-order chi connectivity index (χ0) is 14.6. The van der Waals surface area contributed by atoms with Gasteiger partial charge in [0.15, 0.2) is 5.79 Å². The largest absolute Gasteiger partial charge is 0.375 e. The first kappa shape index (κ1) is 15.1. The van der Waals surface area contributed by atoms with E-state index in [0.717, 1.165) is 0 Å². The fraction of sp³-hybridized carbons (Fsp3) is 1.00. The summed E-state index contributed by atoms with van der Waals surface area (Å²) in [5, 5.41) is 0. The Labute approximate surface area is 112 Å². The highest BCUT2D eigenvalue weighted by Crippen LogP contribution is 2.49. The van der Waals surface area contributed by atoms with Crippen LogP contribution in [0.1, 0.15) is 34.6 Å². The molecule has 1 aliphatic heterocycles. The maximum absolute atomic E-state index is 14.2. The number of halogens is 2. The maximum atomic E-state index is 14.2. The molecule has 0 spiro atoms. The molecule has 1 aliphatic carbocycles. The van der Waals surface area contributed by atoms with Gasteiger partial charge in [0.2, 0.25) is 0 Å². The standard InChI is InChI=1S/C13H23F2NO3/c1-11(2,3)17-6-7-8-9(10(16)13(7,14)15)19-12(4,5)18-8/h7-10H,6,16H2,1-5H3/t7-,8?,9?,10+/m1/s1. The van der Waals surface area contributed by atoms with Crippen molar-refractivity contribution in [1.82, 2.24) is 0 Å². The summed E-state index contributed by atoms with van der Waals surface area (Å²) in [6, 6.07) is -1.35. The van der Waals surface area contributed by atoms with Crippen molar-refractivity contribution < 1.29 is 23.0 Å². The van der Waals surface area contributed by atoms with Crippen molar-refractivity contribution >= 4 is 0 Å². The third kappa shape index (κ3) is 2.77. The van der Waals surface area contributed by atoms with E-state index in [9.17, 15) is 8.78 Å². The molecule has 2 rings (SSSR count). The van der Waals surface area contributed by atoms with Crippen LogP contribution in [-0.2, 0) is 14.2 Å². The molecule has 4 atom stereocenters. The summed E-state index contributed by atoms with van der Waals surface area (Å²) in [5.41, 5.74) is 5.16. The Hall–Kier alpha value is -0.300. The Morgan fingerprint density at radius 3 is 2.21 bits per heavy atom. The van der Waals surface area contributed by atoms with Gasteiger partial charge in [0.1, 0.15) is 6.10 Å². The summed E-state index contributed by atoms with van der Waals surface area (Å²) in [6.07, 6.45) is -1.50. The molecule has 6 heteroatoms. The summed E-state index contributed by atoms with van der Waals surface area (Å²) >= 11 is 0. The molecule has 0 amide bonds. The fourth-order valence-electron chi connectivity index (χ4n) is 2.64. The minimum absolute atomic E-state index is 0.0925. The molecule has 2 fully saturated rings. The van der Waals surface area contributed by atoms with Gasteiger partial charge < -0.3 is 19.9 Å². The van der Waals surface area contributed by atoms with Gasteiger partial charge in [-0.25, -0.2) is 8.78 Å². The first-order valence-corrected chi connectivity index (χ1v) is 6.57. The molecule has 112 valence electrons. The molecular weight excluding hydrogens is 256 g/mol. The van der Waals surface area contributed by atoms with E-state index in [1.165, 1.54) is 0 Å². The zero-order valence-corrected chi connectivity index (χ0v) is 12.1. The average Bonchev–Trinajstić information content (AvgIpc) is 2.57. The van der Waals surface area contributed by atoms with Gasteiger partial charge in [0.25, 0.3) is 5.92 Å². The van der Waals surface area contributed by atoms with Gasteiger partial charge in [0, 0.05) is 0 Å². The van der Waals surface area contributed by atoms with Gasteiger partial charge in [-0.15, -0.1) is 0 Å². The lowest BCUT2D eigenvalue weighted by Crippen LogP contribution is -2.48. The highest BCUT2D eigenvalue weighted by molar-refractivity contribution is 5.10. The van der Waals surface area contributed by atoms with Crippen LogP contribution in [0.5, 0.6) is 0 Å². The minimum Gasteiger partial charge on any atom is -0.375 e. The van der Waals surface area contributed by atoms with Crippen LogP contribution in [0.3, 0.4) is 0 Å². The zero-order valence-electron chi connectivity index (χ0n) is 12.1. The van der Waals surface area contributed by atoms with Gasteiger partial charge in [-0.2, -0.15) is 0 Å². The number of hydrogen-bond acceptors (Lipinski definition) is 4. The summed E-state index contributed by atoms with van der Waals surface area (Å²) in [5.74, 6) is -4.99. The van der Waals surface area contributed by atoms with Gasteiger partial charge >= 0.3 is 0 Å². The number of nitrogens with two attached hydrogens (primary N) is 1. The molecule has 19 heavy (non-hydrogen) atoms. The van der Waals surface area contributed by atoms with Gasteiger partial charge in [-0.3, -0.25) is 0 Å². The Morgan fingerprint density at radius 1 is 1.16 bits per heavy atom. The Bertz CT molecular complexity index is 354. The van der Waals surface area contributed by atoms with Crippen LogP contribution < -0.4 is 5.73 Å². The molecule has 1 saturated heterocycles. The summed E-state index contributed by atoms with van der Waals surface area (Å²) in [4.78, 5) is 0. The molecule has 4 nitrogen and oxygen atoms in total. The predicted molar refractivity (Wildman–Crippen MR) is 65.9 cm³/mol. The van der Waals surface area contributed by atoms with Crippen LogP contribution in [0.4, 0.5) is 8.78 Å². The number of ether oxygens (including phenoxy) is 3. The second-order valence-corrected chi connectivity index (χ2v) is 6.79. The van der Waals surface area contributed by atoms with E-state index in [-0.39, 0.29) is 6.61 Å². The predicted octanol–water partition coefficient (Wildman–Crippen LogP) is 1.91. The van der Waals surface area contributed by atoms with E-state index in [2.05, 4.69) is 0 Å². The molecular formula is C13H23F2NO3. The van der Waals surface area contributed by atoms with Crippen molar-refractivity contribution in [2.24, 2.45) is 11.7 Å². The Morgan fingerprint density at radius 2 is 1.68 bits per heavy atom. The van der Waals surface area contributed by atoms with E-state index in [1.54, 1.807) is 13.8 Å². The van der Waals surface area contributed by atoms with Gasteiger partial charge in [-0.1, -0.05) is 0 Å². The molecule has 0 bridgehead atoms. The number of rotatable bonds is 2. The molecule has 0 aromatic heterocycles. The Balaban J connectivity index is 2.16. The normalized spacial score (nSPS) is 40.4. The molecule has 1 saturated carbocycles. The minimum atomic E-state index is -3.04. The Kier molecular flexibility index (Phi) is 3.45. The topological polar surface area (TPSA) is 53.7 Å². The second kappa shape index (κ2) is 4.35. The highest BCUT2D eigenvalue weighted by atomic mass is 19.3. The smallest absolute Gasteiger partial charge is 0.273 e. The van der Waals surface area contributed by atoms with Crippen LogP contribution in [0.2, 0.25) is 0 Å². The van der Waals surface area contributed by atoms with E-state index >= 15 is 0 Å².